The Morgan fingerprint density at radius 2 is 1.72 bits per heavy atom. The lowest BCUT2D eigenvalue weighted by Crippen LogP contribution is -2.70. The first-order chi connectivity index (χ1) is 30.6. The summed E-state index contributed by atoms with van der Waals surface area (Å²) in [6.45, 7) is 3.95. The van der Waals surface area contributed by atoms with Crippen LogP contribution in [0.25, 0.3) is 6.08 Å². The van der Waals surface area contributed by atoms with Crippen molar-refractivity contribution in [2.24, 2.45) is 5.41 Å². The highest BCUT2D eigenvalue weighted by Gasteiger charge is 2.75. The Morgan fingerprint density at radius 3 is 2.44 bits per heavy atom. The van der Waals surface area contributed by atoms with Crippen molar-refractivity contribution < 1.29 is 78.0 Å². The molecule has 0 spiro atoms. The van der Waals surface area contributed by atoms with Gasteiger partial charge in [0.1, 0.15) is 72.7 Å². The molecule has 13 atom stereocenters. The van der Waals surface area contributed by atoms with Crippen LogP contribution in [0.5, 0.6) is 0 Å². The number of likely N-dealkylation sites (N-methyl/N-ethyl adjacent to an activating group) is 1. The van der Waals surface area contributed by atoms with Crippen molar-refractivity contribution in [3.63, 3.8) is 0 Å². The lowest BCUT2D eigenvalue weighted by atomic mass is 9.62. The van der Waals surface area contributed by atoms with Gasteiger partial charge in [-0.05, 0) is 43.9 Å². The molecule has 4 heterocycles. The summed E-state index contributed by atoms with van der Waals surface area (Å²) in [4.78, 5) is 64.6. The Balaban J connectivity index is 1.13. The van der Waals surface area contributed by atoms with Crippen LogP contribution in [0.2, 0.25) is 0 Å². The maximum absolute atomic E-state index is 15.5. The highest BCUT2D eigenvalue weighted by Crippen LogP contribution is 2.56. The molecule has 350 valence electrons. The first-order valence-corrected chi connectivity index (χ1v) is 21.5. The number of nitrogens with zero attached hydrogens (tertiary/aromatic N) is 2. The van der Waals surface area contributed by atoms with Crippen molar-refractivity contribution in [2.45, 2.75) is 132 Å². The summed E-state index contributed by atoms with van der Waals surface area (Å²) in [6, 6.07) is 13.1. The molecule has 1 aliphatic carbocycles. The van der Waals surface area contributed by atoms with Gasteiger partial charge in [0.2, 0.25) is 11.8 Å². The van der Waals surface area contributed by atoms with Gasteiger partial charge in [-0.25, -0.2) is 0 Å². The van der Waals surface area contributed by atoms with Crippen molar-refractivity contribution >= 4 is 29.8 Å². The van der Waals surface area contributed by atoms with E-state index in [4.69, 9.17) is 33.3 Å². The normalized spacial score (nSPS) is 32.1. The quantitative estimate of drug-likeness (QED) is 0.112. The van der Waals surface area contributed by atoms with Gasteiger partial charge in [-0.15, -0.1) is 0 Å². The molecule has 0 radical (unpaired) electrons. The van der Waals surface area contributed by atoms with Crippen molar-refractivity contribution in [3.8, 4) is 0 Å². The lowest BCUT2D eigenvalue weighted by molar-refractivity contribution is -0.298. The molecular weight excluding hydrogens is 838 g/mol. The Hall–Kier alpha value is -4.38. The van der Waals surface area contributed by atoms with E-state index in [1.165, 1.54) is 17.0 Å². The summed E-state index contributed by atoms with van der Waals surface area (Å²) in [5.74, 6) is -2.32. The van der Waals surface area contributed by atoms with Crippen molar-refractivity contribution in [1.29, 1.82) is 0 Å². The third-order valence-corrected chi connectivity index (χ3v) is 12.4. The highest BCUT2D eigenvalue weighted by molar-refractivity contribution is 5.96. The molecule has 5 fully saturated rings. The summed E-state index contributed by atoms with van der Waals surface area (Å²) >= 11 is 0. The second-order valence-electron chi connectivity index (χ2n) is 17.9. The van der Waals surface area contributed by atoms with E-state index in [1.54, 1.807) is 45.1 Å². The predicted octanol–water partition coefficient (Wildman–Crippen LogP) is -0.274. The number of benzene rings is 2. The Bertz CT molecular complexity index is 2000. The highest BCUT2D eigenvalue weighted by atomic mass is 16.8. The van der Waals surface area contributed by atoms with Gasteiger partial charge < -0.3 is 64.2 Å². The molecule has 2 aromatic carbocycles. The van der Waals surface area contributed by atoms with Gasteiger partial charge in [0.25, 0.3) is 0 Å². The fourth-order valence-electron chi connectivity index (χ4n) is 9.26. The maximum atomic E-state index is 15.5. The van der Waals surface area contributed by atoms with Crippen molar-refractivity contribution in [3.05, 3.63) is 77.4 Å². The Morgan fingerprint density at radius 1 is 1.00 bits per heavy atom. The predicted molar refractivity (Wildman–Crippen MR) is 222 cm³/mol. The average Bonchev–Trinajstić information content (AvgIpc) is 3.90. The summed E-state index contributed by atoms with van der Waals surface area (Å²) in [7, 11) is 1.50. The van der Waals surface area contributed by atoms with E-state index in [-0.39, 0.29) is 45.6 Å². The van der Waals surface area contributed by atoms with Gasteiger partial charge >= 0.3 is 11.9 Å². The largest absolute Gasteiger partial charge is 0.460 e. The Labute approximate surface area is 370 Å². The molecule has 19 nitrogen and oxygen atoms in total. The molecule has 2 amide bonds. The topological polar surface area (TPSA) is 253 Å². The third-order valence-electron chi connectivity index (χ3n) is 12.4. The number of esters is 2. The number of carbonyl (C=O) groups is 4. The number of aliphatic hydroxyl groups is 5. The van der Waals surface area contributed by atoms with Gasteiger partial charge in [-0.3, -0.25) is 24.0 Å². The molecule has 0 aromatic heterocycles. The van der Waals surface area contributed by atoms with E-state index < -0.39 is 121 Å². The smallest absolute Gasteiger partial charge is 0.327 e. The van der Waals surface area contributed by atoms with Crippen LogP contribution in [0, 0.1) is 5.41 Å². The number of hydrogen-bond donors (Lipinski definition) is 6. The zero-order chi connectivity index (χ0) is 45.9. The third kappa shape index (κ3) is 9.90. The van der Waals surface area contributed by atoms with Gasteiger partial charge in [0.05, 0.1) is 32.4 Å². The van der Waals surface area contributed by atoms with E-state index in [0.717, 1.165) is 5.56 Å². The number of aliphatic hydroxyl groups excluding tert-OH is 5. The van der Waals surface area contributed by atoms with E-state index in [1.807, 2.05) is 42.5 Å². The second-order valence-corrected chi connectivity index (χ2v) is 17.9. The van der Waals surface area contributed by atoms with Gasteiger partial charge in [0.15, 0.2) is 12.3 Å². The number of fused-ring (bicyclic) bond motifs is 4. The summed E-state index contributed by atoms with van der Waals surface area (Å²) in [5.41, 5.74) is -0.208. The van der Waals surface area contributed by atoms with Crippen LogP contribution in [0.3, 0.4) is 0 Å². The van der Waals surface area contributed by atoms with E-state index >= 15 is 4.79 Å². The molecule has 7 rings (SSSR count). The second kappa shape index (κ2) is 20.0. The number of hydroxylamine groups is 2. The van der Waals surface area contributed by atoms with Crippen LogP contribution in [0.1, 0.15) is 56.7 Å². The van der Waals surface area contributed by atoms with Crippen LogP contribution in [-0.4, -0.2) is 172 Å². The number of amides is 2. The zero-order valence-electron chi connectivity index (χ0n) is 36.3. The fraction of sp³-hybridized carbons (Fsp3) is 0.600. The average molecular weight is 898 g/mol. The number of rotatable bonds is 17. The molecule has 1 saturated carbocycles. The Kier molecular flexibility index (Phi) is 14.9. The molecule has 64 heavy (non-hydrogen) atoms. The van der Waals surface area contributed by atoms with Gasteiger partial charge in [0, 0.05) is 26.3 Å². The van der Waals surface area contributed by atoms with Crippen LogP contribution >= 0.6 is 0 Å². The molecule has 4 aliphatic heterocycles. The minimum absolute atomic E-state index is 0.00421. The molecular formula is C45H59N3O16. The molecule has 5 aliphatic rings. The van der Waals surface area contributed by atoms with E-state index in [9.17, 15) is 39.9 Å². The van der Waals surface area contributed by atoms with Crippen molar-refractivity contribution in [2.75, 3.05) is 33.7 Å². The standard InChI is InChI=1S/C45H59N3O16/c1-44(2,3)63-32(51)17-16-28(22-49)46-40(55)29(19-25-11-6-5-7-12-25)47(4)43(57)45-20-30-36-37(60-24-59-36)39(45)64-48(38(45)41(56)61-30)21-27-14-9-8-13-26(27)15-10-18-58-42-35(54)34(53)33(52)31(23-50)62-42/h5-15,28-31,33-39,42,49-50,52-54H,16-24H2,1-4H3,(H,46,55)/t28-,29+,30+,31+,33-,34-,35+,36-,37-,38-,39+,42-,45-/m0/s1. The van der Waals surface area contributed by atoms with Crippen LogP contribution < -0.4 is 5.32 Å². The van der Waals surface area contributed by atoms with Crippen LogP contribution in [-0.2, 0) is 65.4 Å². The monoisotopic (exact) mass is 897 g/mol. The summed E-state index contributed by atoms with van der Waals surface area (Å²) < 4.78 is 34.4. The number of hydrogen-bond acceptors (Lipinski definition) is 17. The number of nitrogens with one attached hydrogen (secondary N) is 1. The lowest BCUT2D eigenvalue weighted by Gasteiger charge is -2.50. The van der Waals surface area contributed by atoms with E-state index in [2.05, 4.69) is 5.32 Å². The number of ether oxygens (including phenoxy) is 6. The molecule has 2 aromatic rings. The molecule has 19 heteroatoms. The van der Waals surface area contributed by atoms with Gasteiger partial charge in [-0.2, -0.15) is 5.06 Å². The molecule has 6 N–H and O–H groups in total. The SMILES string of the molecule is CN(C(=O)[C@@]12C[C@H]3OC(=O)[C@@H]1N(Cc1ccccc1C=CCO[C@H]1O[C@H](CO)[C@H](O)[C@H](O)[C@H]1O)O[C@@H]2[C@H]1OCO[C@H]13)[C@H](Cc1ccccc1)C(=O)N[C@H](CO)CCC(=O)OC(C)(C)C. The fourth-order valence-corrected chi connectivity index (χ4v) is 9.26. The molecule has 0 unspecified atom stereocenters. The number of carbonyl (C=O) groups excluding carboxylic acids is 4. The van der Waals surface area contributed by atoms with Crippen LogP contribution in [0.15, 0.2) is 60.7 Å². The minimum Gasteiger partial charge on any atom is -0.460 e. The molecule has 2 bridgehead atoms. The molecule has 4 saturated heterocycles. The van der Waals surface area contributed by atoms with E-state index in [0.29, 0.717) is 11.1 Å². The summed E-state index contributed by atoms with van der Waals surface area (Å²) in [6.07, 6.45) is -7.05. The first-order valence-electron chi connectivity index (χ1n) is 21.5. The zero-order valence-corrected chi connectivity index (χ0v) is 36.3. The van der Waals surface area contributed by atoms with Gasteiger partial charge in [-0.1, -0.05) is 66.7 Å². The minimum atomic E-state index is -1.60. The van der Waals surface area contributed by atoms with Crippen LogP contribution in [0.4, 0.5) is 0 Å². The van der Waals surface area contributed by atoms with Crippen molar-refractivity contribution in [1.82, 2.24) is 15.3 Å². The summed E-state index contributed by atoms with van der Waals surface area (Å²) in [5, 5.41) is 54.7. The first kappa shape index (κ1) is 47.6. The maximum Gasteiger partial charge on any atom is 0.327 e.